The molecule has 4 rings (SSSR count). The number of hydrogen-bond acceptors (Lipinski definition) is 5. The molecule has 0 atom stereocenters. The SMILES string of the molecule is Cc1nn(-c2ccccn2)c(C)c1N1CCN(CC(=O)Nc2ccccc2)CC1. The lowest BCUT2D eigenvalue weighted by atomic mass is 10.2. The fraction of sp³-hybridized carbons (Fsp3) is 0.318. The molecule has 0 saturated carbocycles. The molecule has 2 aromatic heterocycles. The van der Waals surface area contributed by atoms with E-state index in [1.165, 1.54) is 5.69 Å². The van der Waals surface area contributed by atoms with E-state index in [0.717, 1.165) is 49.1 Å². The third kappa shape index (κ3) is 4.30. The third-order valence-corrected chi connectivity index (χ3v) is 5.23. The number of benzene rings is 1. The summed E-state index contributed by atoms with van der Waals surface area (Å²) in [5.41, 5.74) is 4.10. The zero-order valence-electron chi connectivity index (χ0n) is 16.9. The zero-order chi connectivity index (χ0) is 20.2. The molecule has 7 heteroatoms. The van der Waals surface area contributed by atoms with Crippen molar-refractivity contribution in [3.05, 3.63) is 66.1 Å². The van der Waals surface area contributed by atoms with Gasteiger partial charge in [-0.2, -0.15) is 5.10 Å². The average molecular weight is 390 g/mol. The van der Waals surface area contributed by atoms with Crippen molar-refractivity contribution in [2.24, 2.45) is 0 Å². The van der Waals surface area contributed by atoms with Crippen LogP contribution >= 0.6 is 0 Å². The molecule has 0 unspecified atom stereocenters. The number of anilines is 2. The minimum Gasteiger partial charge on any atom is -0.366 e. The number of aromatic nitrogens is 3. The first kappa shape index (κ1) is 19.1. The summed E-state index contributed by atoms with van der Waals surface area (Å²) in [6, 6.07) is 15.4. The normalized spacial score (nSPS) is 14.8. The van der Waals surface area contributed by atoms with Crippen molar-refractivity contribution in [1.82, 2.24) is 19.7 Å². The number of piperazine rings is 1. The van der Waals surface area contributed by atoms with Gasteiger partial charge in [-0.05, 0) is 38.1 Å². The van der Waals surface area contributed by atoms with Crippen LogP contribution in [0.1, 0.15) is 11.4 Å². The first-order chi connectivity index (χ1) is 14.1. The smallest absolute Gasteiger partial charge is 0.238 e. The molecule has 1 amide bonds. The van der Waals surface area contributed by atoms with Gasteiger partial charge in [0.05, 0.1) is 23.6 Å². The Morgan fingerprint density at radius 3 is 2.41 bits per heavy atom. The van der Waals surface area contributed by atoms with Gasteiger partial charge in [-0.15, -0.1) is 0 Å². The van der Waals surface area contributed by atoms with E-state index in [2.05, 4.69) is 27.0 Å². The second-order valence-corrected chi connectivity index (χ2v) is 7.30. The molecule has 0 spiro atoms. The minimum absolute atomic E-state index is 0.0278. The van der Waals surface area contributed by atoms with E-state index >= 15 is 0 Å². The van der Waals surface area contributed by atoms with Crippen molar-refractivity contribution in [2.45, 2.75) is 13.8 Å². The molecule has 1 saturated heterocycles. The highest BCUT2D eigenvalue weighted by atomic mass is 16.2. The number of hydrogen-bond donors (Lipinski definition) is 1. The van der Waals surface area contributed by atoms with Gasteiger partial charge in [0.1, 0.15) is 0 Å². The van der Waals surface area contributed by atoms with E-state index in [9.17, 15) is 4.79 Å². The van der Waals surface area contributed by atoms with Gasteiger partial charge >= 0.3 is 0 Å². The Morgan fingerprint density at radius 1 is 1.00 bits per heavy atom. The highest BCUT2D eigenvalue weighted by Crippen LogP contribution is 2.27. The molecule has 1 aromatic carbocycles. The molecule has 0 bridgehead atoms. The van der Waals surface area contributed by atoms with E-state index in [1.807, 2.05) is 60.1 Å². The van der Waals surface area contributed by atoms with E-state index in [4.69, 9.17) is 5.10 Å². The van der Waals surface area contributed by atoms with Crippen LogP contribution in [-0.2, 0) is 4.79 Å². The summed E-state index contributed by atoms with van der Waals surface area (Å²) in [6.07, 6.45) is 1.78. The molecule has 3 heterocycles. The van der Waals surface area contributed by atoms with Crippen LogP contribution in [0.3, 0.4) is 0 Å². The highest BCUT2D eigenvalue weighted by Gasteiger charge is 2.24. The second-order valence-electron chi connectivity index (χ2n) is 7.30. The van der Waals surface area contributed by atoms with Crippen LogP contribution in [0.25, 0.3) is 5.82 Å². The van der Waals surface area contributed by atoms with Gasteiger partial charge in [0.2, 0.25) is 5.91 Å². The molecular formula is C22H26N6O. The topological polar surface area (TPSA) is 66.3 Å². The van der Waals surface area contributed by atoms with Gasteiger partial charge in [0.15, 0.2) is 5.82 Å². The number of nitrogens with zero attached hydrogens (tertiary/aromatic N) is 5. The van der Waals surface area contributed by atoms with Crippen LogP contribution in [0.5, 0.6) is 0 Å². The Balaban J connectivity index is 1.37. The predicted molar refractivity (Wildman–Crippen MR) is 115 cm³/mol. The van der Waals surface area contributed by atoms with Gasteiger partial charge in [0, 0.05) is 38.1 Å². The number of carbonyl (C=O) groups excluding carboxylic acids is 1. The summed E-state index contributed by atoms with van der Waals surface area (Å²) < 4.78 is 1.91. The van der Waals surface area contributed by atoms with Gasteiger partial charge in [-0.3, -0.25) is 9.69 Å². The first-order valence-corrected chi connectivity index (χ1v) is 9.91. The molecule has 150 valence electrons. The third-order valence-electron chi connectivity index (χ3n) is 5.23. The number of nitrogens with one attached hydrogen (secondary N) is 1. The number of para-hydroxylation sites is 1. The quantitative estimate of drug-likeness (QED) is 0.726. The fourth-order valence-corrected chi connectivity index (χ4v) is 3.85. The Bertz CT molecular complexity index is 962. The number of carbonyl (C=O) groups is 1. The molecule has 0 radical (unpaired) electrons. The van der Waals surface area contributed by atoms with Gasteiger partial charge < -0.3 is 10.2 Å². The van der Waals surface area contributed by atoms with Crippen molar-refractivity contribution in [3.8, 4) is 5.82 Å². The summed E-state index contributed by atoms with van der Waals surface area (Å²) in [5.74, 6) is 0.857. The summed E-state index contributed by atoms with van der Waals surface area (Å²) in [6.45, 7) is 7.97. The summed E-state index contributed by atoms with van der Waals surface area (Å²) in [7, 11) is 0. The molecule has 1 N–H and O–H groups in total. The fourth-order valence-electron chi connectivity index (χ4n) is 3.85. The summed E-state index contributed by atoms with van der Waals surface area (Å²) in [4.78, 5) is 21.3. The molecular weight excluding hydrogens is 364 g/mol. The number of pyridine rings is 1. The number of aryl methyl sites for hydroxylation is 1. The Kier molecular flexibility index (Phi) is 5.57. The van der Waals surface area contributed by atoms with Crippen LogP contribution in [0.15, 0.2) is 54.7 Å². The molecule has 29 heavy (non-hydrogen) atoms. The Hall–Kier alpha value is -3.19. The Morgan fingerprint density at radius 2 is 1.72 bits per heavy atom. The number of rotatable bonds is 5. The van der Waals surface area contributed by atoms with Crippen molar-refractivity contribution in [2.75, 3.05) is 42.9 Å². The van der Waals surface area contributed by atoms with Crippen LogP contribution in [0.4, 0.5) is 11.4 Å². The molecule has 0 aliphatic carbocycles. The molecule has 1 fully saturated rings. The van der Waals surface area contributed by atoms with Crippen molar-refractivity contribution < 1.29 is 4.79 Å². The lowest BCUT2D eigenvalue weighted by Crippen LogP contribution is -2.49. The van der Waals surface area contributed by atoms with E-state index in [0.29, 0.717) is 6.54 Å². The van der Waals surface area contributed by atoms with Crippen LogP contribution in [-0.4, -0.2) is 58.3 Å². The molecule has 7 nitrogen and oxygen atoms in total. The molecule has 3 aromatic rings. The van der Waals surface area contributed by atoms with E-state index in [1.54, 1.807) is 6.20 Å². The van der Waals surface area contributed by atoms with Crippen molar-refractivity contribution in [1.29, 1.82) is 0 Å². The standard InChI is InChI=1S/C22H26N6O/c1-17-22(18(2)28(25-17)20-10-6-7-11-23-20)27-14-12-26(13-15-27)16-21(29)24-19-8-4-3-5-9-19/h3-11H,12-16H2,1-2H3,(H,24,29). The van der Waals surface area contributed by atoms with E-state index < -0.39 is 0 Å². The van der Waals surface area contributed by atoms with E-state index in [-0.39, 0.29) is 5.91 Å². The van der Waals surface area contributed by atoms with Crippen LogP contribution in [0.2, 0.25) is 0 Å². The maximum Gasteiger partial charge on any atom is 0.238 e. The van der Waals surface area contributed by atoms with Gasteiger partial charge in [0.25, 0.3) is 0 Å². The van der Waals surface area contributed by atoms with Crippen LogP contribution < -0.4 is 10.2 Å². The maximum atomic E-state index is 12.3. The van der Waals surface area contributed by atoms with Crippen LogP contribution in [0, 0.1) is 13.8 Å². The summed E-state index contributed by atoms with van der Waals surface area (Å²) in [5, 5.41) is 7.66. The Labute approximate surface area is 171 Å². The second kappa shape index (κ2) is 8.45. The molecule has 1 aliphatic rings. The predicted octanol–water partition coefficient (Wildman–Crippen LogP) is 2.64. The van der Waals surface area contributed by atoms with Crippen molar-refractivity contribution in [3.63, 3.8) is 0 Å². The first-order valence-electron chi connectivity index (χ1n) is 9.91. The lowest BCUT2D eigenvalue weighted by molar-refractivity contribution is -0.117. The largest absolute Gasteiger partial charge is 0.366 e. The van der Waals surface area contributed by atoms with Crippen molar-refractivity contribution >= 4 is 17.3 Å². The van der Waals surface area contributed by atoms with Gasteiger partial charge in [-0.1, -0.05) is 24.3 Å². The lowest BCUT2D eigenvalue weighted by Gasteiger charge is -2.35. The monoisotopic (exact) mass is 390 g/mol. The zero-order valence-corrected chi connectivity index (χ0v) is 16.9. The number of amides is 1. The van der Waals surface area contributed by atoms with Gasteiger partial charge in [-0.25, -0.2) is 9.67 Å². The summed E-state index contributed by atoms with van der Waals surface area (Å²) >= 11 is 0. The maximum absolute atomic E-state index is 12.3. The minimum atomic E-state index is 0.0278. The highest BCUT2D eigenvalue weighted by molar-refractivity contribution is 5.92. The molecule has 1 aliphatic heterocycles. The average Bonchev–Trinajstić information content (AvgIpc) is 3.04.